The molecular weight excluding hydrogens is 327 g/mol. The van der Waals surface area contributed by atoms with Crippen LogP contribution in [0, 0.1) is 6.92 Å². The van der Waals surface area contributed by atoms with Crippen molar-refractivity contribution in [2.45, 2.75) is 13.5 Å². The van der Waals surface area contributed by atoms with Gasteiger partial charge in [-0.1, -0.05) is 29.3 Å². The van der Waals surface area contributed by atoms with Gasteiger partial charge in [0.05, 0.1) is 10.9 Å². The molecule has 21 heavy (non-hydrogen) atoms. The molecule has 0 unspecified atom stereocenters. The third-order valence-electron chi connectivity index (χ3n) is 2.78. The Balaban J connectivity index is 2.24. The fourth-order valence-electron chi connectivity index (χ4n) is 1.93. The summed E-state index contributed by atoms with van der Waals surface area (Å²) in [6.45, 7) is 6.45. The lowest BCUT2D eigenvalue weighted by Crippen LogP contribution is -2.30. The van der Waals surface area contributed by atoms with Gasteiger partial charge in [-0.15, -0.1) is 17.9 Å². The van der Waals surface area contributed by atoms with Crippen molar-refractivity contribution in [3.63, 3.8) is 0 Å². The minimum atomic E-state index is -0.105. The predicted octanol–water partition coefficient (Wildman–Crippen LogP) is 4.59. The van der Waals surface area contributed by atoms with Crippen LogP contribution in [0.3, 0.4) is 0 Å². The van der Waals surface area contributed by atoms with Crippen molar-refractivity contribution in [2.24, 2.45) is 0 Å². The topological polar surface area (TPSA) is 33.2 Å². The zero-order chi connectivity index (χ0) is 15.4. The van der Waals surface area contributed by atoms with Crippen molar-refractivity contribution >= 4 is 40.4 Å². The number of amides is 1. The lowest BCUT2D eigenvalue weighted by Gasteiger charge is -2.20. The number of aryl methyl sites for hydroxylation is 1. The largest absolute Gasteiger partial charge is 0.330 e. The summed E-state index contributed by atoms with van der Waals surface area (Å²) in [6.07, 6.45) is 1.70. The van der Waals surface area contributed by atoms with Crippen LogP contribution in [0.5, 0.6) is 0 Å². The lowest BCUT2D eigenvalue weighted by atomic mass is 10.2. The van der Waals surface area contributed by atoms with E-state index in [-0.39, 0.29) is 5.91 Å². The second kappa shape index (κ2) is 7.07. The molecule has 0 fully saturated rings. The van der Waals surface area contributed by atoms with Gasteiger partial charge in [0.1, 0.15) is 5.15 Å². The number of thiophene rings is 1. The molecule has 6 heteroatoms. The van der Waals surface area contributed by atoms with Crippen molar-refractivity contribution in [3.8, 4) is 0 Å². The normalized spacial score (nSPS) is 10.4. The standard InChI is InChI=1S/C15H14Cl2N2OS/c1-3-6-19(9-12-4-5-14(17)21-12)15(20)11-7-10(2)18-13(16)8-11/h3-5,7-8H,1,6,9H2,2H3. The molecule has 2 aromatic rings. The van der Waals surface area contributed by atoms with Crippen molar-refractivity contribution in [2.75, 3.05) is 6.54 Å². The van der Waals surface area contributed by atoms with Crippen LogP contribution in [0.4, 0.5) is 0 Å². The van der Waals surface area contributed by atoms with E-state index in [9.17, 15) is 4.79 Å². The van der Waals surface area contributed by atoms with Gasteiger partial charge in [-0.05, 0) is 31.2 Å². The monoisotopic (exact) mass is 340 g/mol. The molecule has 0 aliphatic heterocycles. The molecule has 2 heterocycles. The summed E-state index contributed by atoms with van der Waals surface area (Å²) in [7, 11) is 0. The molecule has 2 rings (SSSR count). The molecule has 0 aliphatic rings. The minimum Gasteiger partial charge on any atom is -0.330 e. The van der Waals surface area contributed by atoms with Gasteiger partial charge >= 0.3 is 0 Å². The summed E-state index contributed by atoms with van der Waals surface area (Å²) in [6, 6.07) is 7.05. The van der Waals surface area contributed by atoms with Crippen LogP contribution in [0.1, 0.15) is 20.9 Å². The van der Waals surface area contributed by atoms with Gasteiger partial charge in [0.2, 0.25) is 0 Å². The Morgan fingerprint density at radius 2 is 2.19 bits per heavy atom. The zero-order valence-electron chi connectivity index (χ0n) is 11.5. The Kier molecular flexibility index (Phi) is 5.39. The summed E-state index contributed by atoms with van der Waals surface area (Å²) >= 11 is 13.3. The van der Waals surface area contributed by atoms with E-state index in [4.69, 9.17) is 23.2 Å². The van der Waals surface area contributed by atoms with E-state index in [2.05, 4.69) is 11.6 Å². The molecule has 110 valence electrons. The van der Waals surface area contributed by atoms with E-state index >= 15 is 0 Å². The summed E-state index contributed by atoms with van der Waals surface area (Å²) in [5.74, 6) is -0.105. The smallest absolute Gasteiger partial charge is 0.254 e. The summed E-state index contributed by atoms with van der Waals surface area (Å²) in [5, 5.41) is 0.316. The van der Waals surface area contributed by atoms with Gasteiger partial charge in [-0.25, -0.2) is 4.98 Å². The van der Waals surface area contributed by atoms with Crippen molar-refractivity contribution in [1.29, 1.82) is 0 Å². The van der Waals surface area contributed by atoms with Crippen LogP contribution >= 0.6 is 34.5 Å². The van der Waals surface area contributed by atoms with Crippen molar-refractivity contribution < 1.29 is 4.79 Å². The molecule has 0 N–H and O–H groups in total. The van der Waals surface area contributed by atoms with Crippen LogP contribution in [0.25, 0.3) is 0 Å². The van der Waals surface area contributed by atoms with E-state index < -0.39 is 0 Å². The highest BCUT2D eigenvalue weighted by molar-refractivity contribution is 7.16. The molecule has 0 aliphatic carbocycles. The second-order valence-corrected chi connectivity index (χ2v) is 6.69. The van der Waals surface area contributed by atoms with E-state index in [1.807, 2.05) is 12.1 Å². The Morgan fingerprint density at radius 1 is 1.43 bits per heavy atom. The Hall–Kier alpha value is -1.36. The quantitative estimate of drug-likeness (QED) is 0.589. The first-order valence-electron chi connectivity index (χ1n) is 6.28. The molecule has 1 amide bonds. The van der Waals surface area contributed by atoms with Crippen LogP contribution < -0.4 is 0 Å². The molecule has 0 saturated carbocycles. The highest BCUT2D eigenvalue weighted by atomic mass is 35.5. The average molecular weight is 341 g/mol. The number of aromatic nitrogens is 1. The number of hydrogen-bond donors (Lipinski definition) is 0. The molecule has 0 aromatic carbocycles. The molecule has 0 atom stereocenters. The van der Waals surface area contributed by atoms with Crippen LogP contribution in [0.2, 0.25) is 9.49 Å². The first kappa shape index (κ1) is 16.0. The number of rotatable bonds is 5. The highest BCUT2D eigenvalue weighted by Crippen LogP contribution is 2.23. The Morgan fingerprint density at radius 3 is 2.76 bits per heavy atom. The van der Waals surface area contributed by atoms with Gasteiger partial charge in [0, 0.05) is 22.7 Å². The van der Waals surface area contributed by atoms with Gasteiger partial charge < -0.3 is 4.90 Å². The SMILES string of the molecule is C=CCN(Cc1ccc(Cl)s1)C(=O)c1cc(C)nc(Cl)c1. The fraction of sp³-hybridized carbons (Fsp3) is 0.200. The second-order valence-electron chi connectivity index (χ2n) is 4.50. The van der Waals surface area contributed by atoms with Crippen molar-refractivity contribution in [1.82, 2.24) is 9.88 Å². The van der Waals surface area contributed by atoms with Crippen molar-refractivity contribution in [3.05, 3.63) is 62.5 Å². The first-order chi connectivity index (χ1) is 9.99. The molecule has 0 saturated heterocycles. The number of hydrogen-bond acceptors (Lipinski definition) is 3. The highest BCUT2D eigenvalue weighted by Gasteiger charge is 2.17. The van der Waals surface area contributed by atoms with Gasteiger partial charge in [-0.2, -0.15) is 0 Å². The fourth-order valence-corrected chi connectivity index (χ4v) is 3.29. The third kappa shape index (κ3) is 4.30. The summed E-state index contributed by atoms with van der Waals surface area (Å²) in [5.41, 5.74) is 1.24. The number of nitrogens with zero attached hydrogens (tertiary/aromatic N) is 2. The molecule has 2 aromatic heterocycles. The molecule has 0 radical (unpaired) electrons. The number of halogens is 2. The predicted molar refractivity (Wildman–Crippen MR) is 88.3 cm³/mol. The van der Waals surface area contributed by atoms with Gasteiger partial charge in [0.15, 0.2) is 0 Å². The summed E-state index contributed by atoms with van der Waals surface area (Å²) in [4.78, 5) is 19.4. The first-order valence-corrected chi connectivity index (χ1v) is 7.85. The third-order valence-corrected chi connectivity index (χ3v) is 4.19. The Labute approximate surface area is 137 Å². The van der Waals surface area contributed by atoms with Gasteiger partial charge in [0.25, 0.3) is 5.91 Å². The molecular formula is C15H14Cl2N2OS. The van der Waals surface area contributed by atoms with E-state index in [1.54, 1.807) is 30.0 Å². The maximum atomic E-state index is 12.6. The molecule has 0 spiro atoms. The maximum absolute atomic E-state index is 12.6. The number of carbonyl (C=O) groups excluding carboxylic acids is 1. The Bertz CT molecular complexity index is 649. The van der Waals surface area contributed by atoms with Gasteiger partial charge in [-0.3, -0.25) is 4.79 Å². The molecule has 0 bridgehead atoms. The zero-order valence-corrected chi connectivity index (χ0v) is 13.8. The molecule has 3 nitrogen and oxygen atoms in total. The van der Waals surface area contributed by atoms with E-state index in [1.165, 1.54) is 11.3 Å². The summed E-state index contributed by atoms with van der Waals surface area (Å²) < 4.78 is 0.707. The van der Waals surface area contributed by atoms with Crippen LogP contribution in [0.15, 0.2) is 36.9 Å². The lowest BCUT2D eigenvalue weighted by molar-refractivity contribution is 0.0764. The van der Waals surface area contributed by atoms with Crippen LogP contribution in [-0.2, 0) is 6.54 Å². The maximum Gasteiger partial charge on any atom is 0.254 e. The minimum absolute atomic E-state index is 0.105. The van der Waals surface area contributed by atoms with Crippen LogP contribution in [-0.4, -0.2) is 22.3 Å². The number of carbonyl (C=O) groups is 1. The van der Waals surface area contributed by atoms with E-state index in [0.29, 0.717) is 33.8 Å². The average Bonchev–Trinajstić information content (AvgIpc) is 2.82. The number of pyridine rings is 1. The van der Waals surface area contributed by atoms with E-state index in [0.717, 1.165) is 4.88 Å².